The minimum atomic E-state index is -3.91. The van der Waals surface area contributed by atoms with Crippen LogP contribution in [0.25, 0.3) is 0 Å². The van der Waals surface area contributed by atoms with Gasteiger partial charge in [-0.05, 0) is 97.9 Å². The molecule has 2 amide bonds. The summed E-state index contributed by atoms with van der Waals surface area (Å²) in [6.45, 7) is 1.64. The molecule has 0 unspecified atom stereocenters. The summed E-state index contributed by atoms with van der Waals surface area (Å²) >= 11 is 0. The smallest absolute Gasteiger partial charge is 0.333 e. The third kappa shape index (κ3) is 5.38. The fourth-order valence-electron chi connectivity index (χ4n) is 5.70. The van der Waals surface area contributed by atoms with Gasteiger partial charge in [0.15, 0.2) is 0 Å². The lowest BCUT2D eigenvalue weighted by Gasteiger charge is -2.22. The Hall–Kier alpha value is -2.84. The standard InChI is InChI=1S/C27H33N3O4S/c1-34-23-12-10-19(11-13-23)18-30-15-4-7-22(30)14-16-35(32,33)29-27(31)28-26-24-8-2-5-20(24)17-21-6-3-9-25(21)26/h10-14,16-17,22H,2-9,15,18H2,1H3,(H2,28,29,31)/b16-14+/t22-/m0/s1. The molecule has 1 atom stereocenters. The van der Waals surface area contributed by atoms with E-state index in [4.69, 9.17) is 4.74 Å². The number of ether oxygens (including phenoxy) is 1. The van der Waals surface area contributed by atoms with Crippen molar-refractivity contribution in [1.82, 2.24) is 9.62 Å². The molecule has 35 heavy (non-hydrogen) atoms. The fourth-order valence-corrected chi connectivity index (χ4v) is 6.46. The number of carbonyl (C=O) groups excluding carboxylic acids is 1. The molecular weight excluding hydrogens is 462 g/mol. The van der Waals surface area contributed by atoms with Crippen LogP contribution in [0.4, 0.5) is 10.5 Å². The van der Waals surface area contributed by atoms with Crippen LogP contribution in [0.1, 0.15) is 53.5 Å². The van der Waals surface area contributed by atoms with Gasteiger partial charge in [0.05, 0.1) is 7.11 Å². The zero-order chi connectivity index (χ0) is 24.4. The molecule has 1 aliphatic heterocycles. The molecule has 0 saturated carbocycles. The van der Waals surface area contributed by atoms with Crippen LogP contribution in [0, 0.1) is 0 Å². The van der Waals surface area contributed by atoms with Crippen LogP contribution in [-0.2, 0) is 42.3 Å². The Kier molecular flexibility index (Phi) is 6.84. The molecule has 186 valence electrons. The number of hydrogen-bond donors (Lipinski definition) is 2. The summed E-state index contributed by atoms with van der Waals surface area (Å²) in [5, 5.41) is 4.04. The van der Waals surface area contributed by atoms with Crippen LogP contribution in [0.3, 0.4) is 0 Å². The van der Waals surface area contributed by atoms with E-state index in [2.05, 4.69) is 21.0 Å². The molecule has 8 heteroatoms. The normalized spacial score (nSPS) is 19.6. The molecule has 0 spiro atoms. The average Bonchev–Trinajstić information content (AvgIpc) is 3.59. The number of nitrogens with one attached hydrogen (secondary N) is 2. The summed E-state index contributed by atoms with van der Waals surface area (Å²) in [7, 11) is -2.26. The van der Waals surface area contributed by atoms with Gasteiger partial charge in [-0.3, -0.25) is 4.90 Å². The van der Waals surface area contributed by atoms with Gasteiger partial charge in [-0.25, -0.2) is 17.9 Å². The number of anilines is 1. The van der Waals surface area contributed by atoms with Gasteiger partial charge in [-0.15, -0.1) is 0 Å². The molecule has 0 bridgehead atoms. The third-order valence-corrected chi connectivity index (χ3v) is 8.37. The van der Waals surface area contributed by atoms with Crippen molar-refractivity contribution in [2.45, 2.75) is 64.0 Å². The molecule has 2 N–H and O–H groups in total. The largest absolute Gasteiger partial charge is 0.497 e. The van der Waals surface area contributed by atoms with Crippen molar-refractivity contribution < 1.29 is 17.9 Å². The minimum Gasteiger partial charge on any atom is -0.497 e. The zero-order valence-corrected chi connectivity index (χ0v) is 21.0. The SMILES string of the molecule is COc1ccc(CN2CCC[C@H]2/C=C/S(=O)(=O)NC(=O)Nc2c3c(cc4c2CCC4)CCC3)cc1. The summed E-state index contributed by atoms with van der Waals surface area (Å²) in [6.07, 6.45) is 9.63. The van der Waals surface area contributed by atoms with E-state index in [9.17, 15) is 13.2 Å². The first-order valence-electron chi connectivity index (χ1n) is 12.5. The maximum atomic E-state index is 12.7. The highest BCUT2D eigenvalue weighted by Crippen LogP contribution is 2.38. The Labute approximate surface area is 207 Å². The number of aryl methyl sites for hydroxylation is 2. The first-order valence-corrected chi connectivity index (χ1v) is 14.0. The topological polar surface area (TPSA) is 87.7 Å². The van der Waals surface area contributed by atoms with Gasteiger partial charge in [0.2, 0.25) is 0 Å². The predicted octanol–water partition coefficient (Wildman–Crippen LogP) is 4.30. The van der Waals surface area contributed by atoms with Gasteiger partial charge in [-0.2, -0.15) is 0 Å². The number of hydrogen-bond acceptors (Lipinski definition) is 5. The molecule has 2 aromatic carbocycles. The summed E-state index contributed by atoms with van der Waals surface area (Å²) in [5.74, 6) is 0.812. The highest BCUT2D eigenvalue weighted by atomic mass is 32.2. The Balaban J connectivity index is 1.23. The van der Waals surface area contributed by atoms with Crippen molar-refractivity contribution in [3.63, 3.8) is 0 Å². The number of rotatable bonds is 7. The first-order chi connectivity index (χ1) is 16.9. The van der Waals surface area contributed by atoms with E-state index in [0.717, 1.165) is 86.9 Å². The van der Waals surface area contributed by atoms with Crippen LogP contribution >= 0.6 is 0 Å². The average molecular weight is 496 g/mol. The van der Waals surface area contributed by atoms with Gasteiger partial charge < -0.3 is 10.1 Å². The molecule has 1 heterocycles. The van der Waals surface area contributed by atoms with Gasteiger partial charge in [-0.1, -0.05) is 24.3 Å². The molecule has 2 aliphatic carbocycles. The van der Waals surface area contributed by atoms with Gasteiger partial charge in [0.1, 0.15) is 5.75 Å². The van der Waals surface area contributed by atoms with Crippen LogP contribution in [0.5, 0.6) is 5.75 Å². The van der Waals surface area contributed by atoms with E-state index < -0.39 is 16.1 Å². The van der Waals surface area contributed by atoms with Crippen molar-refractivity contribution in [2.75, 3.05) is 19.0 Å². The number of likely N-dealkylation sites (tertiary alicyclic amines) is 1. The second kappa shape index (κ2) is 10.0. The van der Waals surface area contributed by atoms with Crippen LogP contribution in [0.2, 0.25) is 0 Å². The van der Waals surface area contributed by atoms with Crippen molar-refractivity contribution in [3.05, 3.63) is 69.6 Å². The monoisotopic (exact) mass is 495 g/mol. The number of methoxy groups -OCH3 is 1. The van der Waals surface area contributed by atoms with E-state index in [1.54, 1.807) is 13.2 Å². The molecule has 5 rings (SSSR count). The number of fused-ring (bicyclic) bond motifs is 2. The number of carbonyl (C=O) groups is 1. The van der Waals surface area contributed by atoms with E-state index in [0.29, 0.717) is 0 Å². The Morgan fingerprint density at radius 1 is 1.06 bits per heavy atom. The summed E-state index contributed by atoms with van der Waals surface area (Å²) in [6, 6.07) is 9.52. The number of nitrogens with zero attached hydrogens (tertiary/aromatic N) is 1. The van der Waals surface area contributed by atoms with Gasteiger partial charge in [0.25, 0.3) is 10.0 Å². The quantitative estimate of drug-likeness (QED) is 0.598. The lowest BCUT2D eigenvalue weighted by molar-refractivity contribution is 0.256. The Bertz CT molecular complexity index is 1210. The Morgan fingerprint density at radius 3 is 2.40 bits per heavy atom. The van der Waals surface area contributed by atoms with Crippen LogP contribution in [0.15, 0.2) is 41.8 Å². The summed E-state index contributed by atoms with van der Waals surface area (Å²) in [4.78, 5) is 15.0. The number of sulfonamides is 1. The van der Waals surface area contributed by atoms with E-state index >= 15 is 0 Å². The minimum absolute atomic E-state index is 0.0115. The van der Waals surface area contributed by atoms with E-state index in [1.165, 1.54) is 22.3 Å². The maximum absolute atomic E-state index is 12.7. The van der Waals surface area contributed by atoms with E-state index in [1.807, 2.05) is 24.3 Å². The molecule has 7 nitrogen and oxygen atoms in total. The second-order valence-electron chi connectivity index (χ2n) is 9.69. The van der Waals surface area contributed by atoms with Gasteiger partial charge in [0, 0.05) is 23.7 Å². The van der Waals surface area contributed by atoms with Crippen molar-refractivity contribution in [3.8, 4) is 5.75 Å². The molecule has 1 fully saturated rings. The Morgan fingerprint density at radius 2 is 1.74 bits per heavy atom. The van der Waals surface area contributed by atoms with Crippen LogP contribution in [-0.4, -0.2) is 39.0 Å². The van der Waals surface area contributed by atoms with E-state index in [-0.39, 0.29) is 6.04 Å². The first kappa shape index (κ1) is 23.9. The zero-order valence-electron chi connectivity index (χ0n) is 20.2. The molecule has 0 aromatic heterocycles. The molecule has 1 saturated heterocycles. The van der Waals surface area contributed by atoms with Crippen molar-refractivity contribution in [1.29, 1.82) is 0 Å². The molecule has 3 aliphatic rings. The molecular formula is C27H33N3O4S. The number of amides is 2. The summed E-state index contributed by atoms with van der Waals surface area (Å²) < 4.78 is 32.8. The van der Waals surface area contributed by atoms with Crippen molar-refractivity contribution >= 4 is 21.7 Å². The number of urea groups is 1. The highest BCUT2D eigenvalue weighted by Gasteiger charge is 2.26. The molecule has 0 radical (unpaired) electrons. The maximum Gasteiger partial charge on any atom is 0.333 e. The highest BCUT2D eigenvalue weighted by molar-refractivity contribution is 7.92. The van der Waals surface area contributed by atoms with Crippen molar-refractivity contribution in [2.24, 2.45) is 0 Å². The predicted molar refractivity (Wildman–Crippen MR) is 137 cm³/mol. The lowest BCUT2D eigenvalue weighted by atomic mass is 9.99. The molecule has 2 aromatic rings. The summed E-state index contributed by atoms with van der Waals surface area (Å²) in [5.41, 5.74) is 6.92. The second-order valence-corrected chi connectivity index (χ2v) is 11.3. The third-order valence-electron chi connectivity index (χ3n) is 7.39. The number of benzene rings is 2. The van der Waals surface area contributed by atoms with Crippen LogP contribution < -0.4 is 14.8 Å². The van der Waals surface area contributed by atoms with Gasteiger partial charge >= 0.3 is 6.03 Å². The lowest BCUT2D eigenvalue weighted by Crippen LogP contribution is -2.34. The fraction of sp³-hybridized carbons (Fsp3) is 0.444.